The van der Waals surface area contributed by atoms with Gasteiger partial charge in [0.1, 0.15) is 12.7 Å². The van der Waals surface area contributed by atoms with Crippen LogP contribution in [-0.4, -0.2) is 43.9 Å². The quantitative estimate of drug-likeness (QED) is 0.914. The Bertz CT molecular complexity index is 620. The van der Waals surface area contributed by atoms with Gasteiger partial charge in [-0.15, -0.1) is 0 Å². The summed E-state index contributed by atoms with van der Waals surface area (Å²) < 4.78 is 28.0. The first-order valence-electron chi connectivity index (χ1n) is 7.33. The third kappa shape index (κ3) is 3.31. The molecule has 1 N–H and O–H groups in total. The molecule has 0 saturated carbocycles. The highest BCUT2D eigenvalue weighted by atomic mass is 19.2. The minimum atomic E-state index is -0.933. The van der Waals surface area contributed by atoms with Gasteiger partial charge in [-0.1, -0.05) is 6.07 Å². The second-order valence-corrected chi connectivity index (χ2v) is 5.60. The van der Waals surface area contributed by atoms with Crippen LogP contribution in [0.3, 0.4) is 0 Å². The summed E-state index contributed by atoms with van der Waals surface area (Å²) in [6.07, 6.45) is 4.39. The van der Waals surface area contributed by atoms with E-state index in [0.717, 1.165) is 31.5 Å². The molecule has 5 nitrogen and oxygen atoms in total. The molecule has 1 saturated heterocycles. The van der Waals surface area contributed by atoms with E-state index in [1.807, 2.05) is 0 Å². The lowest BCUT2D eigenvalue weighted by atomic mass is 10.1. The molecule has 7 heteroatoms. The highest BCUT2D eigenvalue weighted by molar-refractivity contribution is 5.20. The van der Waals surface area contributed by atoms with E-state index in [9.17, 15) is 13.9 Å². The number of aliphatic hydroxyl groups excluding tert-OH is 1. The highest BCUT2D eigenvalue weighted by Gasteiger charge is 2.27. The molecule has 2 aromatic rings. The van der Waals surface area contributed by atoms with Gasteiger partial charge < -0.3 is 5.11 Å². The van der Waals surface area contributed by atoms with E-state index < -0.39 is 17.7 Å². The molecule has 0 amide bonds. The fourth-order valence-corrected chi connectivity index (χ4v) is 2.93. The molecule has 2 unspecified atom stereocenters. The molecule has 1 fully saturated rings. The van der Waals surface area contributed by atoms with Gasteiger partial charge in [-0.2, -0.15) is 5.10 Å². The topological polar surface area (TPSA) is 54.2 Å². The van der Waals surface area contributed by atoms with Gasteiger partial charge in [0.05, 0.1) is 12.6 Å². The normalized spacial score (nSPS) is 20.4. The fraction of sp³-hybridized carbons (Fsp3) is 0.467. The van der Waals surface area contributed by atoms with Gasteiger partial charge in [0.2, 0.25) is 0 Å². The number of nitrogens with zero attached hydrogens (tertiary/aromatic N) is 4. The molecule has 2 heterocycles. The smallest absolute Gasteiger partial charge is 0.159 e. The maximum atomic E-state index is 13.3. The van der Waals surface area contributed by atoms with Gasteiger partial charge in [-0.05, 0) is 37.1 Å². The molecule has 1 aliphatic rings. The van der Waals surface area contributed by atoms with Gasteiger partial charge >= 0.3 is 0 Å². The monoisotopic (exact) mass is 308 g/mol. The summed E-state index contributed by atoms with van der Waals surface area (Å²) in [5.41, 5.74) is 0.394. The van der Waals surface area contributed by atoms with Crippen molar-refractivity contribution in [2.75, 3.05) is 13.1 Å². The van der Waals surface area contributed by atoms with Crippen LogP contribution in [0.5, 0.6) is 0 Å². The lowest BCUT2D eigenvalue weighted by Gasteiger charge is -2.26. The molecule has 1 aromatic heterocycles. The van der Waals surface area contributed by atoms with Crippen molar-refractivity contribution in [3.05, 3.63) is 48.1 Å². The summed E-state index contributed by atoms with van der Waals surface area (Å²) in [4.78, 5) is 6.08. The van der Waals surface area contributed by atoms with Crippen LogP contribution in [0.1, 0.15) is 24.5 Å². The van der Waals surface area contributed by atoms with Crippen molar-refractivity contribution in [1.29, 1.82) is 0 Å². The fourth-order valence-electron chi connectivity index (χ4n) is 2.93. The second-order valence-electron chi connectivity index (χ2n) is 5.60. The molecule has 22 heavy (non-hydrogen) atoms. The summed E-state index contributed by atoms with van der Waals surface area (Å²) >= 11 is 0. The molecule has 118 valence electrons. The average Bonchev–Trinajstić information content (AvgIpc) is 3.15. The number of hydrogen-bond acceptors (Lipinski definition) is 4. The SMILES string of the molecule is OC(CN1CCCC1Cn1cncn1)c1ccc(F)c(F)c1. The lowest BCUT2D eigenvalue weighted by molar-refractivity contribution is 0.100. The van der Waals surface area contributed by atoms with Crippen LogP contribution in [-0.2, 0) is 6.54 Å². The second kappa shape index (κ2) is 6.50. The first-order chi connectivity index (χ1) is 10.6. The van der Waals surface area contributed by atoms with E-state index in [1.165, 1.54) is 12.4 Å². The number of rotatable bonds is 5. The van der Waals surface area contributed by atoms with Crippen molar-refractivity contribution in [2.45, 2.75) is 31.5 Å². The summed E-state index contributed by atoms with van der Waals surface area (Å²) in [5, 5.41) is 14.4. The van der Waals surface area contributed by atoms with Crippen LogP contribution in [0.15, 0.2) is 30.9 Å². The van der Waals surface area contributed by atoms with E-state index in [-0.39, 0.29) is 6.04 Å². The van der Waals surface area contributed by atoms with E-state index >= 15 is 0 Å². The van der Waals surface area contributed by atoms with Gasteiger partial charge in [0.15, 0.2) is 11.6 Å². The average molecular weight is 308 g/mol. The number of aromatic nitrogens is 3. The van der Waals surface area contributed by atoms with Crippen LogP contribution in [0.4, 0.5) is 8.78 Å². The highest BCUT2D eigenvalue weighted by Crippen LogP contribution is 2.23. The zero-order valence-electron chi connectivity index (χ0n) is 12.1. The van der Waals surface area contributed by atoms with E-state index in [1.54, 1.807) is 11.0 Å². The van der Waals surface area contributed by atoms with E-state index in [0.29, 0.717) is 18.7 Å². The number of aliphatic hydroxyl groups is 1. The third-order valence-electron chi connectivity index (χ3n) is 4.10. The minimum Gasteiger partial charge on any atom is -0.387 e. The van der Waals surface area contributed by atoms with Crippen LogP contribution in [0.25, 0.3) is 0 Å². The predicted octanol–water partition coefficient (Wildman–Crippen LogP) is 1.75. The number of hydrogen-bond donors (Lipinski definition) is 1. The molecule has 2 atom stereocenters. The van der Waals surface area contributed by atoms with Crippen LogP contribution >= 0.6 is 0 Å². The van der Waals surface area contributed by atoms with Crippen molar-refractivity contribution in [2.24, 2.45) is 0 Å². The maximum absolute atomic E-state index is 13.3. The van der Waals surface area contributed by atoms with Gasteiger partial charge in [-0.3, -0.25) is 9.58 Å². The zero-order chi connectivity index (χ0) is 15.5. The minimum absolute atomic E-state index is 0.265. The lowest BCUT2D eigenvalue weighted by Crippen LogP contribution is -2.36. The first-order valence-corrected chi connectivity index (χ1v) is 7.33. The Kier molecular flexibility index (Phi) is 4.44. The molecule has 3 rings (SSSR count). The van der Waals surface area contributed by atoms with E-state index in [2.05, 4.69) is 15.0 Å². The van der Waals surface area contributed by atoms with Gasteiger partial charge in [0, 0.05) is 12.6 Å². The number of likely N-dealkylation sites (tertiary alicyclic amines) is 1. The maximum Gasteiger partial charge on any atom is 0.159 e. The Balaban J connectivity index is 1.64. The number of benzene rings is 1. The van der Waals surface area contributed by atoms with Crippen molar-refractivity contribution in [1.82, 2.24) is 19.7 Å². The number of β-amino-alcohol motifs (C(OH)–C–C–N with tert-alkyl or cyclic N) is 1. The largest absolute Gasteiger partial charge is 0.387 e. The van der Waals surface area contributed by atoms with Crippen LogP contribution < -0.4 is 0 Å². The van der Waals surface area contributed by atoms with Crippen LogP contribution in [0, 0.1) is 11.6 Å². The standard InChI is InChI=1S/C15H18F2N4O/c16-13-4-3-11(6-14(13)17)15(22)8-20-5-1-2-12(20)7-21-10-18-9-19-21/h3-4,6,9-10,12,15,22H,1-2,5,7-8H2. The molecule has 0 bridgehead atoms. The van der Waals surface area contributed by atoms with Crippen molar-refractivity contribution < 1.29 is 13.9 Å². The molecule has 0 spiro atoms. The molecule has 1 aliphatic heterocycles. The summed E-state index contributed by atoms with van der Waals surface area (Å²) in [6.45, 7) is 1.98. The Morgan fingerprint density at radius 2 is 2.18 bits per heavy atom. The van der Waals surface area contributed by atoms with Crippen molar-refractivity contribution in [3.63, 3.8) is 0 Å². The third-order valence-corrected chi connectivity index (χ3v) is 4.10. The van der Waals surface area contributed by atoms with Crippen LogP contribution in [0.2, 0.25) is 0 Å². The molecular weight excluding hydrogens is 290 g/mol. The molecule has 1 aromatic carbocycles. The predicted molar refractivity (Wildman–Crippen MR) is 75.9 cm³/mol. The zero-order valence-corrected chi connectivity index (χ0v) is 12.1. The summed E-state index contributed by atoms with van der Waals surface area (Å²) in [5.74, 6) is -1.83. The van der Waals surface area contributed by atoms with E-state index in [4.69, 9.17) is 0 Å². The molecular formula is C15H18F2N4O. The van der Waals surface area contributed by atoms with Crippen molar-refractivity contribution in [3.8, 4) is 0 Å². The Morgan fingerprint density at radius 3 is 2.91 bits per heavy atom. The van der Waals surface area contributed by atoms with Crippen molar-refractivity contribution >= 4 is 0 Å². The Labute approximate surface area is 127 Å². The van der Waals surface area contributed by atoms with Gasteiger partial charge in [0.25, 0.3) is 0 Å². The Morgan fingerprint density at radius 1 is 1.32 bits per heavy atom. The Hall–Kier alpha value is -1.86. The summed E-state index contributed by atoms with van der Waals surface area (Å²) in [7, 11) is 0. The number of halogens is 2. The van der Waals surface area contributed by atoms with Gasteiger partial charge in [-0.25, -0.2) is 13.8 Å². The summed E-state index contributed by atoms with van der Waals surface area (Å²) in [6, 6.07) is 3.79. The first kappa shape index (κ1) is 15.1. The molecule has 0 radical (unpaired) electrons. The molecule has 0 aliphatic carbocycles.